The molecule has 3 aliphatic heterocycles. The predicted molar refractivity (Wildman–Crippen MR) is 148 cm³/mol. The average Bonchev–Trinajstić information content (AvgIpc) is 3.01. The number of likely N-dealkylation sites (tertiary alicyclic amines) is 1. The molecule has 5 rings (SSSR count). The number of likely N-dealkylation sites (N-methyl/N-ethyl adjacent to an activating group) is 1. The summed E-state index contributed by atoms with van der Waals surface area (Å²) in [6.45, 7) is 10.4. The number of carbonyl (C=O) groups excluding carboxylic acids is 2. The second-order valence-electron chi connectivity index (χ2n) is 10.6. The van der Waals surface area contributed by atoms with E-state index in [2.05, 4.69) is 18.3 Å². The minimum absolute atomic E-state index is 0.0221. The van der Waals surface area contributed by atoms with Gasteiger partial charge in [-0.1, -0.05) is 25.1 Å². The van der Waals surface area contributed by atoms with E-state index < -0.39 is 5.54 Å². The van der Waals surface area contributed by atoms with Crippen LogP contribution in [-0.2, 0) is 6.54 Å². The van der Waals surface area contributed by atoms with E-state index in [9.17, 15) is 9.59 Å². The van der Waals surface area contributed by atoms with Crippen LogP contribution in [0.4, 0.5) is 15.3 Å². The fraction of sp³-hybridized carbons (Fsp3) is 0.467. The van der Waals surface area contributed by atoms with Crippen LogP contribution in [0.5, 0.6) is 11.5 Å². The average molecular weight is 519 g/mol. The first-order chi connectivity index (χ1) is 18.2. The SMILES string of the molecule is CCN1C(=O)N2Cc3cc(OC)cc(OC)c3[C@@H](C)C=C2C12CCN(C(=O)Nc1cc(C)ccc1C)CC2. The van der Waals surface area contributed by atoms with Crippen LogP contribution in [0.3, 0.4) is 0 Å². The smallest absolute Gasteiger partial charge is 0.325 e. The van der Waals surface area contributed by atoms with E-state index in [1.165, 1.54) is 0 Å². The maximum atomic E-state index is 13.8. The molecule has 1 spiro atoms. The van der Waals surface area contributed by atoms with Gasteiger partial charge in [0.1, 0.15) is 11.5 Å². The Kier molecular flexibility index (Phi) is 6.75. The van der Waals surface area contributed by atoms with Crippen molar-refractivity contribution in [3.05, 3.63) is 64.4 Å². The molecular weight excluding hydrogens is 480 g/mol. The molecule has 0 radical (unpaired) electrons. The highest BCUT2D eigenvalue weighted by molar-refractivity contribution is 5.90. The number of ether oxygens (including phenoxy) is 2. The zero-order valence-corrected chi connectivity index (χ0v) is 23.3. The molecule has 1 N–H and O–H groups in total. The molecule has 8 heteroatoms. The molecule has 3 heterocycles. The lowest BCUT2D eigenvalue weighted by Crippen LogP contribution is -2.55. The molecule has 0 unspecified atom stereocenters. The van der Waals surface area contributed by atoms with Crippen molar-refractivity contribution in [3.63, 3.8) is 0 Å². The number of anilines is 1. The third kappa shape index (κ3) is 4.16. The maximum absolute atomic E-state index is 13.8. The number of nitrogens with zero attached hydrogens (tertiary/aromatic N) is 3. The Morgan fingerprint density at radius 1 is 1.11 bits per heavy atom. The van der Waals surface area contributed by atoms with Gasteiger partial charge in [-0.3, -0.25) is 4.90 Å². The Morgan fingerprint density at radius 2 is 1.84 bits per heavy atom. The molecule has 1 atom stereocenters. The van der Waals surface area contributed by atoms with Crippen LogP contribution in [-0.4, -0.2) is 66.2 Å². The van der Waals surface area contributed by atoms with Crippen molar-refractivity contribution in [2.75, 3.05) is 39.2 Å². The van der Waals surface area contributed by atoms with Gasteiger partial charge in [-0.25, -0.2) is 9.59 Å². The molecule has 202 valence electrons. The van der Waals surface area contributed by atoms with Gasteiger partial charge in [-0.15, -0.1) is 0 Å². The van der Waals surface area contributed by atoms with Gasteiger partial charge in [0.25, 0.3) is 0 Å². The number of amides is 4. The summed E-state index contributed by atoms with van der Waals surface area (Å²) < 4.78 is 11.3. The van der Waals surface area contributed by atoms with Gasteiger partial charge in [-0.05, 0) is 62.4 Å². The number of piperidine rings is 1. The molecule has 38 heavy (non-hydrogen) atoms. The number of hydrogen-bond acceptors (Lipinski definition) is 4. The van der Waals surface area contributed by atoms with E-state index in [4.69, 9.17) is 9.47 Å². The Labute approximate surface area is 225 Å². The zero-order chi connectivity index (χ0) is 27.2. The Morgan fingerprint density at radius 3 is 2.50 bits per heavy atom. The molecule has 0 bridgehead atoms. The first kappa shape index (κ1) is 25.9. The van der Waals surface area contributed by atoms with Crippen molar-refractivity contribution in [1.29, 1.82) is 0 Å². The molecule has 4 amide bonds. The molecule has 2 aromatic carbocycles. The summed E-state index contributed by atoms with van der Waals surface area (Å²) in [6.07, 6.45) is 3.62. The largest absolute Gasteiger partial charge is 0.497 e. The number of hydrogen-bond donors (Lipinski definition) is 1. The van der Waals surface area contributed by atoms with Crippen molar-refractivity contribution in [1.82, 2.24) is 14.7 Å². The lowest BCUT2D eigenvalue weighted by atomic mass is 9.82. The number of carbonyl (C=O) groups is 2. The molecule has 8 nitrogen and oxygen atoms in total. The van der Waals surface area contributed by atoms with Crippen molar-refractivity contribution < 1.29 is 19.1 Å². The minimum Gasteiger partial charge on any atom is -0.497 e. The molecule has 2 fully saturated rings. The quantitative estimate of drug-likeness (QED) is 0.568. The molecule has 0 aromatic heterocycles. The van der Waals surface area contributed by atoms with Crippen LogP contribution in [0.2, 0.25) is 0 Å². The van der Waals surface area contributed by atoms with Gasteiger partial charge in [0, 0.05) is 48.6 Å². The number of methoxy groups -OCH3 is 2. The Balaban J connectivity index is 1.43. The summed E-state index contributed by atoms with van der Waals surface area (Å²) in [6, 6.07) is 9.93. The third-order valence-electron chi connectivity index (χ3n) is 8.42. The van der Waals surface area contributed by atoms with E-state index in [1.807, 2.05) is 65.8 Å². The maximum Gasteiger partial charge on any atom is 0.325 e. The molecule has 2 aromatic rings. The monoisotopic (exact) mass is 518 g/mol. The first-order valence-corrected chi connectivity index (χ1v) is 13.4. The van der Waals surface area contributed by atoms with Gasteiger partial charge >= 0.3 is 12.1 Å². The Bertz CT molecular complexity index is 1300. The standard InChI is InChI=1S/C30H38N4O4/c1-7-34-29(36)33-18-22-16-23(37-5)17-25(38-6)27(22)21(4)15-26(33)30(34)10-12-32(13-11-30)28(35)31-24-14-19(2)8-9-20(24)3/h8-9,14-17,21H,7,10-13,18H2,1-6H3,(H,31,35)/t21-/m0/s1. The normalized spacial score (nSPS) is 20.1. The fourth-order valence-electron chi connectivity index (χ4n) is 6.41. The van der Waals surface area contributed by atoms with Crippen LogP contribution in [0.25, 0.3) is 0 Å². The van der Waals surface area contributed by atoms with Crippen LogP contribution in [0.15, 0.2) is 42.1 Å². The number of urea groups is 2. The summed E-state index contributed by atoms with van der Waals surface area (Å²) >= 11 is 0. The van der Waals surface area contributed by atoms with Gasteiger partial charge in [0.05, 0.1) is 26.3 Å². The molecular formula is C30H38N4O4. The third-order valence-corrected chi connectivity index (χ3v) is 8.42. The van der Waals surface area contributed by atoms with Crippen LogP contribution in [0, 0.1) is 13.8 Å². The zero-order valence-electron chi connectivity index (χ0n) is 23.3. The van der Waals surface area contributed by atoms with Crippen LogP contribution < -0.4 is 14.8 Å². The van der Waals surface area contributed by atoms with Gasteiger partial charge < -0.3 is 24.6 Å². The number of allylic oxidation sites excluding steroid dienone is 1. The van der Waals surface area contributed by atoms with Crippen LogP contribution >= 0.6 is 0 Å². The number of rotatable bonds is 4. The molecule has 2 saturated heterocycles. The highest BCUT2D eigenvalue weighted by Gasteiger charge is 2.55. The topological polar surface area (TPSA) is 74.4 Å². The summed E-state index contributed by atoms with van der Waals surface area (Å²) in [7, 11) is 3.31. The predicted octanol–water partition coefficient (Wildman–Crippen LogP) is 5.65. The van der Waals surface area contributed by atoms with E-state index in [0.717, 1.165) is 39.4 Å². The number of fused-ring (bicyclic) bond motifs is 3. The summed E-state index contributed by atoms with van der Waals surface area (Å²) in [5.74, 6) is 1.54. The van der Waals surface area contributed by atoms with Crippen molar-refractivity contribution in [2.24, 2.45) is 0 Å². The summed E-state index contributed by atoms with van der Waals surface area (Å²) in [5, 5.41) is 3.10. The highest BCUT2D eigenvalue weighted by Crippen LogP contribution is 2.49. The lowest BCUT2D eigenvalue weighted by molar-refractivity contribution is 0.106. The van der Waals surface area contributed by atoms with Gasteiger partial charge in [0.2, 0.25) is 0 Å². The number of benzene rings is 2. The first-order valence-electron chi connectivity index (χ1n) is 13.4. The van der Waals surface area contributed by atoms with Gasteiger partial charge in [0.15, 0.2) is 0 Å². The number of aryl methyl sites for hydroxylation is 2. The van der Waals surface area contributed by atoms with Crippen molar-refractivity contribution >= 4 is 17.7 Å². The molecule has 3 aliphatic rings. The van der Waals surface area contributed by atoms with Gasteiger partial charge in [-0.2, -0.15) is 0 Å². The molecule has 0 aliphatic carbocycles. The van der Waals surface area contributed by atoms with E-state index in [1.54, 1.807) is 14.2 Å². The van der Waals surface area contributed by atoms with Crippen molar-refractivity contribution in [2.45, 2.75) is 58.5 Å². The van der Waals surface area contributed by atoms with E-state index in [0.29, 0.717) is 44.8 Å². The summed E-state index contributed by atoms with van der Waals surface area (Å²) in [4.78, 5) is 32.8. The fourth-order valence-corrected chi connectivity index (χ4v) is 6.41. The van der Waals surface area contributed by atoms with E-state index >= 15 is 0 Å². The molecule has 0 saturated carbocycles. The lowest BCUT2D eigenvalue weighted by Gasteiger charge is -2.44. The van der Waals surface area contributed by atoms with Crippen LogP contribution in [0.1, 0.15) is 54.9 Å². The summed E-state index contributed by atoms with van der Waals surface area (Å²) in [5.41, 5.74) is 5.72. The second-order valence-corrected chi connectivity index (χ2v) is 10.6. The Hall–Kier alpha value is -3.68. The number of nitrogens with one attached hydrogen (secondary N) is 1. The second kappa shape index (κ2) is 9.89. The highest BCUT2D eigenvalue weighted by atomic mass is 16.5. The minimum atomic E-state index is -0.435. The van der Waals surface area contributed by atoms with E-state index in [-0.39, 0.29) is 18.0 Å². The van der Waals surface area contributed by atoms with Crippen molar-refractivity contribution in [3.8, 4) is 11.5 Å².